The Morgan fingerprint density at radius 3 is 2.62 bits per heavy atom. The van der Waals surface area contributed by atoms with Crippen molar-refractivity contribution in [3.05, 3.63) is 49.8 Å². The van der Waals surface area contributed by atoms with Crippen molar-refractivity contribution in [2.45, 2.75) is 25.3 Å². The summed E-state index contributed by atoms with van der Waals surface area (Å²) in [6, 6.07) is 10.2. The summed E-state index contributed by atoms with van der Waals surface area (Å²) in [5, 5.41) is -0.158. The van der Waals surface area contributed by atoms with Crippen LogP contribution in [-0.2, 0) is 0 Å². The zero-order valence-electron chi connectivity index (χ0n) is 11.5. The Balaban J connectivity index is 2.21. The Kier molecular flexibility index (Phi) is 4.33. The van der Waals surface area contributed by atoms with E-state index in [-0.39, 0.29) is 11.4 Å². The molecule has 0 aliphatic rings. The zero-order valence-corrected chi connectivity index (χ0v) is 15.4. The summed E-state index contributed by atoms with van der Waals surface area (Å²) in [7, 11) is 0. The second kappa shape index (κ2) is 5.92. The van der Waals surface area contributed by atoms with Gasteiger partial charge in [-0.05, 0) is 44.2 Å². The van der Waals surface area contributed by atoms with Gasteiger partial charge in [-0.3, -0.25) is 0 Å². The fraction of sp³-hybridized carbons (Fsp3) is 0.267. The number of nitrogens with zero attached hydrogens (tertiary/aromatic N) is 2. The molecule has 2 unspecified atom stereocenters. The van der Waals surface area contributed by atoms with E-state index in [2.05, 4.69) is 39.6 Å². The molecule has 2 aromatic heterocycles. The van der Waals surface area contributed by atoms with Gasteiger partial charge in [0.2, 0.25) is 0 Å². The van der Waals surface area contributed by atoms with Crippen molar-refractivity contribution in [3.63, 3.8) is 0 Å². The van der Waals surface area contributed by atoms with Crippen LogP contribution in [0.25, 0.3) is 11.0 Å². The second-order valence-corrected chi connectivity index (χ2v) is 8.22. The monoisotopic (exact) mass is 402 g/mol. The fourth-order valence-electron chi connectivity index (χ4n) is 2.46. The first-order valence-electron chi connectivity index (χ1n) is 6.54. The predicted octanol–water partition coefficient (Wildman–Crippen LogP) is 6.42. The van der Waals surface area contributed by atoms with Crippen molar-refractivity contribution in [3.8, 4) is 0 Å². The molecule has 0 aliphatic carbocycles. The van der Waals surface area contributed by atoms with Crippen LogP contribution >= 0.6 is 50.5 Å². The molecule has 0 spiro atoms. The Morgan fingerprint density at radius 2 is 2.00 bits per heavy atom. The highest BCUT2D eigenvalue weighted by atomic mass is 79.9. The van der Waals surface area contributed by atoms with Crippen LogP contribution in [0, 0.1) is 0 Å². The lowest BCUT2D eigenvalue weighted by Crippen LogP contribution is -2.10. The van der Waals surface area contributed by atoms with E-state index in [4.69, 9.17) is 28.2 Å². The molecule has 3 rings (SSSR count). The molecule has 2 heterocycles. The number of halogens is 3. The number of imidazole rings is 1. The molecule has 6 heteroatoms. The third-order valence-corrected chi connectivity index (χ3v) is 5.52. The van der Waals surface area contributed by atoms with E-state index in [0.29, 0.717) is 0 Å². The Hall–Kier alpha value is -0.550. The highest BCUT2D eigenvalue weighted by Crippen LogP contribution is 2.35. The first-order chi connectivity index (χ1) is 9.97. The van der Waals surface area contributed by atoms with E-state index in [1.165, 1.54) is 4.88 Å². The summed E-state index contributed by atoms with van der Waals surface area (Å²) < 4.78 is 4.01. The van der Waals surface area contributed by atoms with Gasteiger partial charge in [0.05, 0.1) is 26.8 Å². The van der Waals surface area contributed by atoms with Gasteiger partial charge in [0.1, 0.15) is 5.82 Å². The molecule has 0 saturated carbocycles. The number of thiophene rings is 1. The highest BCUT2D eigenvalue weighted by Gasteiger charge is 2.21. The van der Waals surface area contributed by atoms with Crippen molar-refractivity contribution in [1.82, 2.24) is 9.55 Å². The molecule has 0 saturated heterocycles. The summed E-state index contributed by atoms with van der Waals surface area (Å²) in [6.45, 7) is 4.09. The molecule has 0 fully saturated rings. The third kappa shape index (κ3) is 2.87. The summed E-state index contributed by atoms with van der Waals surface area (Å²) in [5.41, 5.74) is 2.03. The van der Waals surface area contributed by atoms with Gasteiger partial charge in [-0.15, -0.1) is 22.9 Å². The average molecular weight is 404 g/mol. The average Bonchev–Trinajstić information content (AvgIpc) is 3.01. The highest BCUT2D eigenvalue weighted by molar-refractivity contribution is 9.10. The summed E-state index contributed by atoms with van der Waals surface area (Å²) in [4.78, 5) is 5.89. The van der Waals surface area contributed by atoms with Crippen molar-refractivity contribution in [2.75, 3.05) is 0 Å². The molecule has 110 valence electrons. The summed E-state index contributed by atoms with van der Waals surface area (Å²) >= 11 is 17.5. The van der Waals surface area contributed by atoms with Crippen LogP contribution in [0.5, 0.6) is 0 Å². The van der Waals surface area contributed by atoms with E-state index < -0.39 is 0 Å². The third-order valence-electron chi connectivity index (χ3n) is 3.43. The van der Waals surface area contributed by atoms with E-state index >= 15 is 0 Å². The Bertz CT molecular complexity index is 794. The minimum absolute atomic E-state index is 0.143. The number of benzene rings is 1. The SMILES string of the molecule is CC(Cl)c1nc2cc(Br)ccc2n1C(C)c1ccc(Cl)s1. The molecule has 2 atom stereocenters. The van der Waals surface area contributed by atoms with Crippen LogP contribution in [0.2, 0.25) is 4.34 Å². The summed E-state index contributed by atoms with van der Waals surface area (Å²) in [6.07, 6.45) is 0. The lowest BCUT2D eigenvalue weighted by molar-refractivity contribution is 0.628. The minimum Gasteiger partial charge on any atom is -0.319 e. The van der Waals surface area contributed by atoms with Gasteiger partial charge in [0, 0.05) is 9.35 Å². The van der Waals surface area contributed by atoms with Crippen LogP contribution in [0.3, 0.4) is 0 Å². The first kappa shape index (κ1) is 15.3. The second-order valence-electron chi connectivity index (χ2n) is 4.91. The molecule has 21 heavy (non-hydrogen) atoms. The largest absolute Gasteiger partial charge is 0.319 e. The van der Waals surface area contributed by atoms with Crippen molar-refractivity contribution >= 4 is 61.5 Å². The van der Waals surface area contributed by atoms with Gasteiger partial charge in [-0.2, -0.15) is 0 Å². The lowest BCUT2D eigenvalue weighted by atomic mass is 10.2. The number of hydrogen-bond acceptors (Lipinski definition) is 2. The van der Waals surface area contributed by atoms with Crippen LogP contribution in [0.15, 0.2) is 34.8 Å². The number of alkyl halides is 1. The number of rotatable bonds is 3. The molecule has 2 nitrogen and oxygen atoms in total. The van der Waals surface area contributed by atoms with Gasteiger partial charge in [-0.25, -0.2) is 4.98 Å². The molecule has 0 amide bonds. The molecular formula is C15H13BrCl2N2S. The van der Waals surface area contributed by atoms with E-state index in [0.717, 1.165) is 25.7 Å². The molecule has 0 radical (unpaired) electrons. The molecule has 1 aromatic carbocycles. The smallest absolute Gasteiger partial charge is 0.128 e. The number of fused-ring (bicyclic) bond motifs is 1. The summed E-state index contributed by atoms with van der Waals surface area (Å²) in [5.74, 6) is 0.877. The normalized spacial score (nSPS) is 14.5. The molecular weight excluding hydrogens is 391 g/mol. The van der Waals surface area contributed by atoms with Crippen molar-refractivity contribution in [2.24, 2.45) is 0 Å². The predicted molar refractivity (Wildman–Crippen MR) is 94.8 cm³/mol. The first-order valence-corrected chi connectivity index (χ1v) is 8.96. The van der Waals surface area contributed by atoms with Crippen LogP contribution in [-0.4, -0.2) is 9.55 Å². The number of aromatic nitrogens is 2. The Morgan fingerprint density at radius 1 is 1.24 bits per heavy atom. The van der Waals surface area contributed by atoms with Crippen molar-refractivity contribution in [1.29, 1.82) is 0 Å². The van der Waals surface area contributed by atoms with E-state index in [1.807, 2.05) is 25.1 Å². The standard InChI is InChI=1S/C15H13BrCl2N2S/c1-8(17)15-19-11-7-10(16)3-4-12(11)20(15)9(2)13-5-6-14(18)21-13/h3-9H,1-2H3. The quantitative estimate of drug-likeness (QED) is 0.461. The van der Waals surface area contributed by atoms with E-state index in [1.54, 1.807) is 11.3 Å². The maximum absolute atomic E-state index is 6.34. The van der Waals surface area contributed by atoms with Gasteiger partial charge >= 0.3 is 0 Å². The van der Waals surface area contributed by atoms with E-state index in [9.17, 15) is 0 Å². The molecule has 0 bridgehead atoms. The minimum atomic E-state index is -0.158. The molecule has 3 aromatic rings. The molecule has 0 N–H and O–H groups in total. The zero-order chi connectivity index (χ0) is 15.1. The van der Waals surface area contributed by atoms with Gasteiger partial charge in [-0.1, -0.05) is 27.5 Å². The topological polar surface area (TPSA) is 17.8 Å². The van der Waals surface area contributed by atoms with Gasteiger partial charge in [0.15, 0.2) is 0 Å². The van der Waals surface area contributed by atoms with Gasteiger partial charge < -0.3 is 4.57 Å². The Labute approximate surface area is 145 Å². The van der Waals surface area contributed by atoms with Crippen LogP contribution in [0.4, 0.5) is 0 Å². The maximum atomic E-state index is 6.34. The van der Waals surface area contributed by atoms with Crippen LogP contribution < -0.4 is 0 Å². The number of hydrogen-bond donors (Lipinski definition) is 0. The van der Waals surface area contributed by atoms with Crippen LogP contribution in [0.1, 0.15) is 36.0 Å². The van der Waals surface area contributed by atoms with Crippen molar-refractivity contribution < 1.29 is 0 Å². The maximum Gasteiger partial charge on any atom is 0.128 e. The molecule has 0 aliphatic heterocycles. The van der Waals surface area contributed by atoms with Gasteiger partial charge in [0.25, 0.3) is 0 Å². The lowest BCUT2D eigenvalue weighted by Gasteiger charge is -2.17. The fourth-order valence-corrected chi connectivity index (χ4v) is 4.06.